The van der Waals surface area contributed by atoms with Gasteiger partial charge in [-0.1, -0.05) is 136 Å². The molecule has 18 nitrogen and oxygen atoms in total. The van der Waals surface area contributed by atoms with E-state index >= 15 is 9.59 Å². The monoisotopic (exact) mass is 1160 g/mol. The zero-order chi connectivity index (χ0) is 60.2. The number of rotatable bonds is 18. The van der Waals surface area contributed by atoms with E-state index in [4.69, 9.17) is 0 Å². The van der Waals surface area contributed by atoms with Gasteiger partial charge in [0.15, 0.2) is 0 Å². The largest absolute Gasteiger partial charge is 0.347 e. The molecule has 6 aliphatic rings. The molecule has 0 spiro atoms. The summed E-state index contributed by atoms with van der Waals surface area (Å²) in [6.07, 6.45) is 8.97. The highest BCUT2D eigenvalue weighted by molar-refractivity contribution is 6.00. The molecule has 2 saturated carbocycles. The summed E-state index contributed by atoms with van der Waals surface area (Å²) in [5.74, 6) is -3.32. The Morgan fingerprint density at radius 1 is 0.419 bits per heavy atom. The minimum absolute atomic E-state index is 0.0195. The van der Waals surface area contributed by atoms with Crippen molar-refractivity contribution in [2.24, 2.45) is 11.8 Å². The van der Waals surface area contributed by atoms with Gasteiger partial charge in [-0.2, -0.15) is 0 Å². The fraction of sp³-hybridized carbons (Fsp3) is 0.441. The van der Waals surface area contributed by atoms with E-state index in [1.165, 1.54) is 0 Å². The lowest BCUT2D eigenvalue weighted by molar-refractivity contribution is -0.143. The van der Waals surface area contributed by atoms with Gasteiger partial charge in [0.25, 0.3) is 11.8 Å². The molecule has 18 heteroatoms. The molecule has 5 aromatic carbocycles. The number of carbonyl (C=O) groups excluding carboxylic acids is 8. The zero-order valence-electron chi connectivity index (χ0n) is 49.5. The second-order valence-electron chi connectivity index (χ2n) is 24.4. The predicted molar refractivity (Wildman–Crippen MR) is 327 cm³/mol. The average Bonchev–Trinajstić information content (AvgIpc) is 2.69. The van der Waals surface area contributed by atoms with Crippen molar-refractivity contribution in [1.29, 1.82) is 0 Å². The number of nitrogens with one attached hydrogen (secondary N) is 8. The van der Waals surface area contributed by atoms with Crippen molar-refractivity contribution < 1.29 is 38.4 Å². The lowest BCUT2D eigenvalue weighted by Gasteiger charge is -2.35. The van der Waals surface area contributed by atoms with Crippen LogP contribution >= 0.6 is 0 Å². The highest BCUT2D eigenvalue weighted by Gasteiger charge is 2.48. The van der Waals surface area contributed by atoms with E-state index < -0.39 is 72.2 Å². The number of carbonyl (C=O) groups is 8. The van der Waals surface area contributed by atoms with Crippen LogP contribution in [0.1, 0.15) is 146 Å². The summed E-state index contributed by atoms with van der Waals surface area (Å²) in [5.41, 5.74) is 8.33. The van der Waals surface area contributed by atoms with Gasteiger partial charge in [-0.05, 0) is 147 Å². The lowest BCUT2D eigenvalue weighted by Crippen LogP contribution is -2.58. The highest BCUT2D eigenvalue weighted by atomic mass is 16.2. The van der Waals surface area contributed by atoms with E-state index in [0.29, 0.717) is 0 Å². The molecule has 8 atom stereocenters. The van der Waals surface area contributed by atoms with Gasteiger partial charge >= 0.3 is 0 Å². The van der Waals surface area contributed by atoms with Crippen LogP contribution in [0.4, 0.5) is 0 Å². The third-order valence-corrected chi connectivity index (χ3v) is 19.1. The summed E-state index contributed by atoms with van der Waals surface area (Å²) in [6, 6.07) is 30.8. The first-order valence-electron chi connectivity index (χ1n) is 31.0. The van der Waals surface area contributed by atoms with Crippen molar-refractivity contribution >= 4 is 47.3 Å². The number of fused-ring (bicyclic) bond motifs is 6. The van der Waals surface area contributed by atoms with Crippen molar-refractivity contribution in [1.82, 2.24) is 52.3 Å². The Hall–Kier alpha value is -8.22. The Labute approximate surface area is 503 Å². The first-order chi connectivity index (χ1) is 41.7. The van der Waals surface area contributed by atoms with Crippen LogP contribution in [0.5, 0.6) is 0 Å². The van der Waals surface area contributed by atoms with Crippen LogP contribution in [-0.2, 0) is 28.8 Å². The average molecular weight is 1170 g/mol. The molecule has 2 heterocycles. The molecule has 450 valence electrons. The Morgan fingerprint density at radius 2 is 0.733 bits per heavy atom. The minimum Gasteiger partial charge on any atom is -0.347 e. The SMILES string of the molecule is CN[C@@H](C)C(=O)N[C@H](C(=O)N1C[C@@H](NC(=O)c2ccc(C(=O)N[C@H]3C[C@@H](C(=O)NC4c5ccccc5-c5ccccc54)N(C(=O)[C@@H](NC(=O)[C@H](C)NC)C4CCCCC4)C3)cc2)C[C@H]1C(=O)NC1c2ccccc2-c2ccccc21)C1CCCCC1. The topological polar surface area (TPSA) is 239 Å². The van der Waals surface area contributed by atoms with E-state index in [1.807, 2.05) is 97.1 Å². The standard InChI is InChI=1S/C68H80N10O8/c1-39(69-3)61(79)73-57(41-19-7-5-8-20-41)67(85)77-37-45(35-55(77)65(83)75-59-51-27-15-11-23-47(51)48-24-12-16-28-52(48)59)71-63(81)43-31-33-44(34-32-43)64(82)72-46-36-56(66(84)76-60-53-29-17-13-25-49(53)50-26-14-18-30-54(50)60)78(38-46)68(86)58(42-21-9-6-10-22-42)74-62(80)40(2)70-4/h11-18,23-34,39-42,45-46,55-60,69-70H,5-10,19-22,35-38H2,1-4H3,(H,71,81)(H,72,82)(H,73,79)(H,74,80)(H,75,83)(H,76,84)/t39-,40-,45-,46-,55-,56-,57-,58-/m0/s1. The fourth-order valence-electron chi connectivity index (χ4n) is 14.1. The molecule has 4 aliphatic carbocycles. The van der Waals surface area contributed by atoms with Crippen LogP contribution in [0.25, 0.3) is 22.3 Å². The molecule has 4 fully saturated rings. The summed E-state index contributed by atoms with van der Waals surface area (Å²) < 4.78 is 0. The first kappa shape index (κ1) is 59.5. The van der Waals surface area contributed by atoms with Gasteiger partial charge in [-0.3, -0.25) is 38.4 Å². The Morgan fingerprint density at radius 3 is 1.05 bits per heavy atom. The number of hydrogen-bond donors (Lipinski definition) is 8. The molecule has 8 amide bonds. The lowest BCUT2D eigenvalue weighted by atomic mass is 9.83. The number of likely N-dealkylation sites (N-methyl/N-ethyl adjacent to an activating group) is 2. The number of nitrogens with zero attached hydrogens (tertiary/aromatic N) is 2. The van der Waals surface area contributed by atoms with Crippen LogP contribution in [0.15, 0.2) is 121 Å². The van der Waals surface area contributed by atoms with Crippen LogP contribution in [0, 0.1) is 11.8 Å². The van der Waals surface area contributed by atoms with E-state index in [0.717, 1.165) is 109 Å². The molecule has 5 aromatic rings. The van der Waals surface area contributed by atoms with E-state index in [1.54, 1.807) is 62.0 Å². The highest BCUT2D eigenvalue weighted by Crippen LogP contribution is 2.45. The smallest absolute Gasteiger partial charge is 0.251 e. The molecular formula is C68H80N10O8. The van der Waals surface area contributed by atoms with Gasteiger partial charge in [-0.25, -0.2) is 0 Å². The third-order valence-electron chi connectivity index (χ3n) is 19.1. The van der Waals surface area contributed by atoms with Gasteiger partial charge in [0.1, 0.15) is 24.2 Å². The van der Waals surface area contributed by atoms with Crippen molar-refractivity contribution in [3.05, 3.63) is 155 Å². The summed E-state index contributed by atoms with van der Waals surface area (Å²) in [4.78, 5) is 119. The van der Waals surface area contributed by atoms with Crippen LogP contribution < -0.4 is 42.5 Å². The van der Waals surface area contributed by atoms with Crippen molar-refractivity contribution in [3.8, 4) is 22.3 Å². The maximum absolute atomic E-state index is 15.1. The van der Waals surface area contributed by atoms with Gasteiger partial charge in [0.2, 0.25) is 35.4 Å². The number of likely N-dealkylation sites (tertiary alicyclic amines) is 2. The second kappa shape index (κ2) is 26.2. The summed E-state index contributed by atoms with van der Waals surface area (Å²) in [5, 5.41) is 24.8. The Kier molecular flexibility index (Phi) is 18.1. The number of hydrogen-bond acceptors (Lipinski definition) is 10. The van der Waals surface area contributed by atoms with E-state index in [2.05, 4.69) is 42.5 Å². The molecular weight excluding hydrogens is 1080 g/mol. The van der Waals surface area contributed by atoms with E-state index in [9.17, 15) is 28.8 Å². The van der Waals surface area contributed by atoms with Crippen LogP contribution in [0.2, 0.25) is 0 Å². The van der Waals surface area contributed by atoms with Crippen LogP contribution in [-0.4, -0.2) is 133 Å². The Balaban J connectivity index is 0.805. The Bertz CT molecular complexity index is 3070. The summed E-state index contributed by atoms with van der Waals surface area (Å²) in [6.45, 7) is 3.50. The quantitative estimate of drug-likeness (QED) is 0.0494. The molecule has 8 N–H and O–H groups in total. The molecule has 0 unspecified atom stereocenters. The van der Waals surface area contributed by atoms with Gasteiger partial charge in [-0.15, -0.1) is 0 Å². The predicted octanol–water partition coefficient (Wildman–Crippen LogP) is 6.20. The number of benzene rings is 5. The summed E-state index contributed by atoms with van der Waals surface area (Å²) in [7, 11) is 3.37. The zero-order valence-corrected chi connectivity index (χ0v) is 49.5. The summed E-state index contributed by atoms with van der Waals surface area (Å²) >= 11 is 0. The molecule has 2 saturated heterocycles. The van der Waals surface area contributed by atoms with Gasteiger partial charge in [0.05, 0.1) is 24.2 Å². The molecule has 0 radical (unpaired) electrons. The van der Waals surface area contributed by atoms with Crippen molar-refractivity contribution in [2.45, 2.75) is 151 Å². The number of amides is 8. The fourth-order valence-corrected chi connectivity index (χ4v) is 14.1. The van der Waals surface area contributed by atoms with E-state index in [-0.39, 0.29) is 84.3 Å². The van der Waals surface area contributed by atoms with Crippen molar-refractivity contribution in [3.63, 3.8) is 0 Å². The molecule has 11 rings (SSSR count). The van der Waals surface area contributed by atoms with Gasteiger partial charge in [0, 0.05) is 36.3 Å². The molecule has 86 heavy (non-hydrogen) atoms. The second-order valence-corrected chi connectivity index (χ2v) is 24.4. The maximum Gasteiger partial charge on any atom is 0.251 e. The third kappa shape index (κ3) is 12.3. The minimum atomic E-state index is -0.980. The molecule has 2 aliphatic heterocycles. The molecule has 0 bridgehead atoms. The normalized spacial score (nSPS) is 21.6. The van der Waals surface area contributed by atoms with Crippen molar-refractivity contribution in [2.75, 3.05) is 27.2 Å². The first-order valence-corrected chi connectivity index (χ1v) is 31.0. The maximum atomic E-state index is 15.1. The van der Waals surface area contributed by atoms with Gasteiger partial charge < -0.3 is 52.3 Å². The van der Waals surface area contributed by atoms with Crippen LogP contribution in [0.3, 0.4) is 0 Å². The molecule has 0 aromatic heterocycles.